The van der Waals surface area contributed by atoms with Crippen molar-refractivity contribution in [3.8, 4) is 17.1 Å². The predicted octanol–water partition coefficient (Wildman–Crippen LogP) is 7.52. The highest BCUT2D eigenvalue weighted by atomic mass is 32.1. The lowest BCUT2D eigenvalue weighted by Gasteiger charge is -2.12. The second-order valence-corrected chi connectivity index (χ2v) is 9.30. The molecule has 0 N–H and O–H groups in total. The third-order valence-corrected chi connectivity index (χ3v) is 7.10. The summed E-state index contributed by atoms with van der Waals surface area (Å²) in [4.78, 5) is 9.62. The molecular formula is C27H20FN3S. The van der Waals surface area contributed by atoms with Gasteiger partial charge in [-0.15, -0.1) is 11.3 Å². The van der Waals surface area contributed by atoms with E-state index < -0.39 is 0 Å². The summed E-state index contributed by atoms with van der Waals surface area (Å²) in [7, 11) is 0. The molecule has 0 saturated heterocycles. The number of benzene rings is 3. The Morgan fingerprint density at radius 2 is 1.62 bits per heavy atom. The molecule has 3 nitrogen and oxygen atoms in total. The Hall–Kier alpha value is -3.57. The summed E-state index contributed by atoms with van der Waals surface area (Å²) in [5.74, 6) is 0.673. The Kier molecular flexibility index (Phi) is 4.17. The molecule has 3 heterocycles. The van der Waals surface area contributed by atoms with Gasteiger partial charge in [-0.3, -0.25) is 9.55 Å². The summed E-state index contributed by atoms with van der Waals surface area (Å²) in [6.45, 7) is 6.14. The van der Waals surface area contributed by atoms with Crippen LogP contribution < -0.4 is 0 Å². The molecule has 0 saturated carbocycles. The lowest BCUT2D eigenvalue weighted by Crippen LogP contribution is -2.00. The van der Waals surface area contributed by atoms with Gasteiger partial charge >= 0.3 is 0 Å². The highest BCUT2D eigenvalue weighted by Gasteiger charge is 2.20. The molecular weight excluding hydrogens is 417 g/mol. The maximum atomic E-state index is 14.0. The van der Waals surface area contributed by atoms with E-state index in [1.807, 2.05) is 38.1 Å². The zero-order valence-corrected chi connectivity index (χ0v) is 18.8. The van der Waals surface area contributed by atoms with E-state index in [-0.39, 0.29) is 5.82 Å². The first-order valence-corrected chi connectivity index (χ1v) is 11.4. The van der Waals surface area contributed by atoms with Gasteiger partial charge in [0, 0.05) is 37.1 Å². The number of aryl methyl sites for hydroxylation is 3. The summed E-state index contributed by atoms with van der Waals surface area (Å²) in [6.07, 6.45) is 0. The van der Waals surface area contributed by atoms with Gasteiger partial charge in [-0.1, -0.05) is 18.2 Å². The molecule has 0 aliphatic carbocycles. The number of imidazole rings is 1. The van der Waals surface area contributed by atoms with Crippen LogP contribution in [0.4, 0.5) is 4.39 Å². The number of aromatic nitrogens is 3. The van der Waals surface area contributed by atoms with E-state index in [0.29, 0.717) is 0 Å². The first-order valence-electron chi connectivity index (χ1n) is 10.5. The van der Waals surface area contributed by atoms with Gasteiger partial charge < -0.3 is 0 Å². The topological polar surface area (TPSA) is 30.7 Å². The van der Waals surface area contributed by atoms with Gasteiger partial charge in [0.1, 0.15) is 11.6 Å². The van der Waals surface area contributed by atoms with E-state index in [4.69, 9.17) is 4.98 Å². The number of para-hydroxylation sites is 2. The van der Waals surface area contributed by atoms with Crippen LogP contribution in [0.25, 0.3) is 48.3 Å². The van der Waals surface area contributed by atoms with Crippen LogP contribution in [0.1, 0.15) is 17.0 Å². The molecule has 0 amide bonds. The number of pyridine rings is 1. The smallest absolute Gasteiger partial charge is 0.147 e. The lowest BCUT2D eigenvalue weighted by atomic mass is 10.0. The lowest BCUT2D eigenvalue weighted by molar-refractivity contribution is 0.630. The average molecular weight is 438 g/mol. The van der Waals surface area contributed by atoms with Crippen LogP contribution in [-0.2, 0) is 0 Å². The minimum absolute atomic E-state index is 0.210. The molecule has 3 aromatic carbocycles. The quantitative estimate of drug-likeness (QED) is 0.280. The number of hydrogen-bond acceptors (Lipinski definition) is 3. The second-order valence-electron chi connectivity index (χ2n) is 8.24. The van der Waals surface area contributed by atoms with E-state index >= 15 is 0 Å². The van der Waals surface area contributed by atoms with Crippen molar-refractivity contribution in [2.24, 2.45) is 0 Å². The second kappa shape index (κ2) is 6.97. The summed E-state index contributed by atoms with van der Waals surface area (Å²) in [5, 5.41) is 2.26. The van der Waals surface area contributed by atoms with Crippen LogP contribution in [0.15, 0.2) is 66.7 Å². The van der Waals surface area contributed by atoms with Crippen molar-refractivity contribution in [3.63, 3.8) is 0 Å². The highest BCUT2D eigenvalue weighted by molar-refractivity contribution is 7.26. The Morgan fingerprint density at radius 3 is 2.44 bits per heavy atom. The molecule has 0 spiro atoms. The number of hydrogen-bond donors (Lipinski definition) is 0. The molecule has 6 rings (SSSR count). The normalized spacial score (nSPS) is 11.8. The van der Waals surface area contributed by atoms with Gasteiger partial charge in [-0.05, 0) is 74.9 Å². The third-order valence-electron chi connectivity index (χ3n) is 5.92. The molecule has 0 unspecified atom stereocenters. The van der Waals surface area contributed by atoms with E-state index in [2.05, 4.69) is 46.8 Å². The number of rotatable bonds is 2. The first kappa shape index (κ1) is 19.1. The van der Waals surface area contributed by atoms with Crippen molar-refractivity contribution in [1.29, 1.82) is 0 Å². The molecule has 0 bridgehead atoms. The molecule has 0 fully saturated rings. The Morgan fingerprint density at radius 1 is 0.844 bits per heavy atom. The van der Waals surface area contributed by atoms with Gasteiger partial charge in [0.15, 0.2) is 0 Å². The van der Waals surface area contributed by atoms with Crippen LogP contribution in [0.2, 0.25) is 0 Å². The SMILES string of the molecule is Cc1cc(-n2c(-c3ccc(C)c4c3sc3cc(F)ccc34)nc3ccccc32)cc(C)n1. The molecule has 3 aromatic heterocycles. The maximum absolute atomic E-state index is 14.0. The van der Waals surface area contributed by atoms with E-state index in [1.54, 1.807) is 23.5 Å². The van der Waals surface area contributed by atoms with E-state index in [1.165, 1.54) is 10.9 Å². The highest BCUT2D eigenvalue weighted by Crippen LogP contribution is 2.42. The number of nitrogens with zero attached hydrogens (tertiary/aromatic N) is 3. The molecule has 156 valence electrons. The minimum Gasteiger partial charge on any atom is -0.292 e. The molecule has 6 aromatic rings. The van der Waals surface area contributed by atoms with Gasteiger partial charge in [-0.25, -0.2) is 9.37 Å². The van der Waals surface area contributed by atoms with Crippen molar-refractivity contribution < 1.29 is 4.39 Å². The zero-order valence-electron chi connectivity index (χ0n) is 18.0. The molecule has 0 atom stereocenters. The largest absolute Gasteiger partial charge is 0.292 e. The standard InChI is InChI=1S/C27H20FN3S/c1-15-8-10-21(26-25(15)20-11-9-18(28)14-24(20)32-26)27-30-22-6-4-5-7-23(22)31(27)19-12-16(2)29-17(3)13-19/h4-14H,1-3H3. The van der Waals surface area contributed by atoms with Crippen molar-refractivity contribution in [2.45, 2.75) is 20.8 Å². The van der Waals surface area contributed by atoms with Gasteiger partial charge in [-0.2, -0.15) is 0 Å². The predicted molar refractivity (Wildman–Crippen MR) is 131 cm³/mol. The van der Waals surface area contributed by atoms with Crippen LogP contribution in [0.5, 0.6) is 0 Å². The van der Waals surface area contributed by atoms with Crippen molar-refractivity contribution in [2.75, 3.05) is 0 Å². The van der Waals surface area contributed by atoms with Gasteiger partial charge in [0.05, 0.1) is 16.7 Å². The Balaban J connectivity index is 1.75. The Bertz CT molecular complexity index is 1660. The molecule has 32 heavy (non-hydrogen) atoms. The summed E-state index contributed by atoms with van der Waals surface area (Å²) in [5.41, 5.74) is 7.20. The summed E-state index contributed by atoms with van der Waals surface area (Å²) < 4.78 is 18.3. The van der Waals surface area contributed by atoms with Crippen molar-refractivity contribution in [1.82, 2.24) is 14.5 Å². The van der Waals surface area contributed by atoms with Crippen LogP contribution in [0.3, 0.4) is 0 Å². The summed E-state index contributed by atoms with van der Waals surface area (Å²) in [6, 6.07) is 21.7. The molecule has 0 aliphatic rings. The van der Waals surface area contributed by atoms with Crippen molar-refractivity contribution in [3.05, 3.63) is 89.5 Å². The fourth-order valence-electron chi connectivity index (χ4n) is 4.60. The zero-order chi connectivity index (χ0) is 22.0. The number of halogens is 1. The number of fused-ring (bicyclic) bond motifs is 4. The van der Waals surface area contributed by atoms with Gasteiger partial charge in [0.25, 0.3) is 0 Å². The fraction of sp³-hybridized carbons (Fsp3) is 0.111. The number of thiophene rings is 1. The van der Waals surface area contributed by atoms with Crippen LogP contribution >= 0.6 is 11.3 Å². The van der Waals surface area contributed by atoms with Crippen molar-refractivity contribution >= 4 is 42.5 Å². The first-order chi connectivity index (χ1) is 15.5. The van der Waals surface area contributed by atoms with E-state index in [0.717, 1.165) is 54.3 Å². The van der Waals surface area contributed by atoms with Crippen LogP contribution in [0, 0.1) is 26.6 Å². The monoisotopic (exact) mass is 437 g/mol. The summed E-state index contributed by atoms with van der Waals surface area (Å²) >= 11 is 1.63. The van der Waals surface area contributed by atoms with Crippen LogP contribution in [-0.4, -0.2) is 14.5 Å². The van der Waals surface area contributed by atoms with E-state index in [9.17, 15) is 4.39 Å². The molecule has 5 heteroatoms. The maximum Gasteiger partial charge on any atom is 0.147 e. The molecule has 0 radical (unpaired) electrons. The molecule has 0 aliphatic heterocycles. The third kappa shape index (κ3) is 2.85. The minimum atomic E-state index is -0.210. The fourth-order valence-corrected chi connectivity index (χ4v) is 5.92. The average Bonchev–Trinajstić information content (AvgIpc) is 3.32. The Labute approximate surface area is 188 Å². The van der Waals surface area contributed by atoms with Gasteiger partial charge in [0.2, 0.25) is 0 Å².